The van der Waals surface area contributed by atoms with Crippen molar-refractivity contribution in [3.63, 3.8) is 0 Å². The molecule has 0 unspecified atom stereocenters. The third kappa shape index (κ3) is 2.80. The van der Waals surface area contributed by atoms with Crippen molar-refractivity contribution in [2.75, 3.05) is 12.0 Å². The van der Waals surface area contributed by atoms with E-state index in [1.807, 2.05) is 65.6 Å². The smallest absolute Gasteiger partial charge is 0.329 e. The Bertz CT molecular complexity index is 1400. The second-order valence-electron chi connectivity index (χ2n) is 10.1. The van der Waals surface area contributed by atoms with Gasteiger partial charge in [0.25, 0.3) is 0 Å². The van der Waals surface area contributed by atoms with Crippen LogP contribution in [0.15, 0.2) is 78.9 Å². The van der Waals surface area contributed by atoms with Crippen molar-refractivity contribution >= 4 is 29.3 Å². The number of ketones is 2. The minimum atomic E-state index is -1.48. The van der Waals surface area contributed by atoms with Crippen LogP contribution in [-0.2, 0) is 9.53 Å². The number of ether oxygens (including phenoxy) is 1. The summed E-state index contributed by atoms with van der Waals surface area (Å²) in [7, 11) is 1.36. The van der Waals surface area contributed by atoms with Crippen LogP contribution in [0.4, 0.5) is 5.69 Å². The lowest BCUT2D eigenvalue weighted by molar-refractivity contribution is -0.142. The molecule has 1 fully saturated rings. The lowest BCUT2D eigenvalue weighted by Gasteiger charge is -2.36. The molecular weight excluding hydrogens is 450 g/mol. The second kappa shape index (κ2) is 8.02. The first kappa shape index (κ1) is 22.5. The first-order valence-corrected chi connectivity index (χ1v) is 12.3. The molecule has 1 aliphatic carbocycles. The molecule has 2 aliphatic heterocycles. The van der Waals surface area contributed by atoms with E-state index in [4.69, 9.17) is 4.74 Å². The van der Waals surface area contributed by atoms with Crippen molar-refractivity contribution in [2.24, 2.45) is 5.41 Å². The highest BCUT2D eigenvalue weighted by Crippen LogP contribution is 2.60. The number of Topliss-reactive ketones (excluding diaryl/α,β-unsaturated/α-hetero) is 2. The second-order valence-corrected chi connectivity index (χ2v) is 10.1. The summed E-state index contributed by atoms with van der Waals surface area (Å²) in [6.45, 7) is 4.23. The zero-order chi connectivity index (χ0) is 25.2. The van der Waals surface area contributed by atoms with E-state index in [0.29, 0.717) is 17.0 Å². The Morgan fingerprint density at radius 3 is 2.11 bits per heavy atom. The molecule has 1 spiro atoms. The molecule has 5 nitrogen and oxygen atoms in total. The molecule has 3 aromatic rings. The molecule has 0 saturated carbocycles. The Labute approximate surface area is 210 Å². The average Bonchev–Trinajstić information content (AvgIpc) is 3.35. The predicted octanol–water partition coefficient (Wildman–Crippen LogP) is 5.42. The number of hydrogen-bond acceptors (Lipinski definition) is 5. The first-order valence-electron chi connectivity index (χ1n) is 12.3. The van der Waals surface area contributed by atoms with Crippen LogP contribution < -0.4 is 4.90 Å². The standard InChI is InChI=1S/C31H27NO4/c1-18(2)19-12-14-21(15-13-19)26-27(30(35)36-3)32-24-11-7-4-8-20(24)16-17-25(32)31(26)28(33)22-9-5-6-10-23(22)29(31)34/h4-18,25-27H,1-3H3/t25-,26-,27+/m0/s1. The number of methoxy groups -OCH3 is 1. The van der Waals surface area contributed by atoms with E-state index in [2.05, 4.69) is 13.8 Å². The Kier molecular flexibility index (Phi) is 5.01. The first-order chi connectivity index (χ1) is 17.4. The van der Waals surface area contributed by atoms with Gasteiger partial charge in [0.15, 0.2) is 11.6 Å². The molecule has 180 valence electrons. The highest BCUT2D eigenvalue weighted by molar-refractivity contribution is 6.32. The van der Waals surface area contributed by atoms with E-state index in [1.54, 1.807) is 24.3 Å². The van der Waals surface area contributed by atoms with Gasteiger partial charge in [0.2, 0.25) is 0 Å². The molecule has 6 rings (SSSR count). The number of anilines is 1. The van der Waals surface area contributed by atoms with Crippen molar-refractivity contribution in [3.8, 4) is 0 Å². The van der Waals surface area contributed by atoms with Crippen molar-refractivity contribution in [3.05, 3.63) is 107 Å². The Morgan fingerprint density at radius 2 is 1.50 bits per heavy atom. The molecule has 0 N–H and O–H groups in total. The number of hydrogen-bond donors (Lipinski definition) is 0. The molecule has 0 amide bonds. The Balaban J connectivity index is 1.66. The highest BCUT2D eigenvalue weighted by atomic mass is 16.5. The maximum atomic E-state index is 14.4. The fourth-order valence-corrected chi connectivity index (χ4v) is 6.47. The van der Waals surface area contributed by atoms with Crippen LogP contribution in [0.25, 0.3) is 6.08 Å². The number of fused-ring (bicyclic) bond motifs is 5. The minimum absolute atomic E-state index is 0.230. The lowest BCUT2D eigenvalue weighted by Crippen LogP contribution is -2.48. The zero-order valence-electron chi connectivity index (χ0n) is 20.5. The summed E-state index contributed by atoms with van der Waals surface area (Å²) in [6, 6.07) is 21.3. The van der Waals surface area contributed by atoms with E-state index in [9.17, 15) is 14.4 Å². The van der Waals surface area contributed by atoms with Gasteiger partial charge >= 0.3 is 5.97 Å². The fraction of sp³-hybridized carbons (Fsp3) is 0.258. The van der Waals surface area contributed by atoms with Gasteiger partial charge in [-0.05, 0) is 28.7 Å². The predicted molar refractivity (Wildman–Crippen MR) is 138 cm³/mol. The quantitative estimate of drug-likeness (QED) is 0.373. The Morgan fingerprint density at radius 1 is 0.889 bits per heavy atom. The molecule has 0 bridgehead atoms. The summed E-state index contributed by atoms with van der Waals surface area (Å²) < 4.78 is 5.33. The van der Waals surface area contributed by atoms with Crippen LogP contribution in [-0.4, -0.2) is 36.7 Å². The summed E-state index contributed by atoms with van der Waals surface area (Å²) in [5.74, 6) is -1.32. The SMILES string of the molecule is COC(=O)[C@H]1[C@H](c2ccc(C(C)C)cc2)C2(C(=O)c3ccccc3C2=O)[C@@H]2C=Cc3ccccc3N21. The van der Waals surface area contributed by atoms with Gasteiger partial charge in [0, 0.05) is 22.7 Å². The molecule has 36 heavy (non-hydrogen) atoms. The van der Waals surface area contributed by atoms with Crippen LogP contribution in [0.1, 0.15) is 63.1 Å². The molecule has 0 radical (unpaired) electrons. The lowest BCUT2D eigenvalue weighted by atomic mass is 9.64. The van der Waals surface area contributed by atoms with Crippen LogP contribution >= 0.6 is 0 Å². The number of esters is 1. The maximum Gasteiger partial charge on any atom is 0.329 e. The monoisotopic (exact) mass is 477 g/mol. The summed E-state index contributed by atoms with van der Waals surface area (Å²) >= 11 is 0. The molecule has 3 aromatic carbocycles. The fourth-order valence-electron chi connectivity index (χ4n) is 6.47. The molecular formula is C31H27NO4. The van der Waals surface area contributed by atoms with Gasteiger partial charge < -0.3 is 9.64 Å². The van der Waals surface area contributed by atoms with Gasteiger partial charge in [-0.25, -0.2) is 4.79 Å². The number of rotatable bonds is 3. The number of nitrogens with zero attached hydrogens (tertiary/aromatic N) is 1. The van der Waals surface area contributed by atoms with Gasteiger partial charge in [0.1, 0.15) is 11.5 Å². The number of carbonyl (C=O) groups excluding carboxylic acids is 3. The average molecular weight is 478 g/mol. The van der Waals surface area contributed by atoms with Gasteiger partial charge in [-0.2, -0.15) is 0 Å². The van der Waals surface area contributed by atoms with Gasteiger partial charge in [-0.3, -0.25) is 9.59 Å². The summed E-state index contributed by atoms with van der Waals surface area (Å²) in [4.78, 5) is 44.3. The van der Waals surface area contributed by atoms with Gasteiger partial charge in [-0.15, -0.1) is 0 Å². The Hall–Kier alpha value is -3.99. The van der Waals surface area contributed by atoms with Crippen molar-refractivity contribution in [1.82, 2.24) is 0 Å². The van der Waals surface area contributed by atoms with Crippen LogP contribution in [0, 0.1) is 5.41 Å². The van der Waals surface area contributed by atoms with E-state index in [-0.39, 0.29) is 11.6 Å². The van der Waals surface area contributed by atoms with E-state index < -0.39 is 29.4 Å². The van der Waals surface area contributed by atoms with Gasteiger partial charge in [0.05, 0.1) is 13.2 Å². The largest absolute Gasteiger partial charge is 0.467 e. The molecule has 3 atom stereocenters. The highest BCUT2D eigenvalue weighted by Gasteiger charge is 2.71. The van der Waals surface area contributed by atoms with Crippen molar-refractivity contribution in [1.29, 1.82) is 0 Å². The molecule has 2 heterocycles. The zero-order valence-corrected chi connectivity index (χ0v) is 20.5. The van der Waals surface area contributed by atoms with Crippen LogP contribution in [0.5, 0.6) is 0 Å². The van der Waals surface area contributed by atoms with E-state index in [1.165, 1.54) is 7.11 Å². The third-order valence-electron chi connectivity index (χ3n) is 8.12. The molecule has 1 saturated heterocycles. The number of para-hydroxylation sites is 1. The topological polar surface area (TPSA) is 63.7 Å². The van der Waals surface area contributed by atoms with E-state index in [0.717, 1.165) is 22.4 Å². The number of carbonyl (C=O) groups is 3. The summed E-state index contributed by atoms with van der Waals surface area (Å²) in [5, 5.41) is 0. The summed E-state index contributed by atoms with van der Waals surface area (Å²) in [6.07, 6.45) is 3.88. The number of benzene rings is 3. The van der Waals surface area contributed by atoms with Crippen molar-refractivity contribution in [2.45, 2.75) is 37.8 Å². The van der Waals surface area contributed by atoms with E-state index >= 15 is 0 Å². The van der Waals surface area contributed by atoms with Gasteiger partial charge in [-0.1, -0.05) is 92.7 Å². The summed E-state index contributed by atoms with van der Waals surface area (Å²) in [5.41, 5.74) is 3.04. The van der Waals surface area contributed by atoms with Crippen LogP contribution in [0.3, 0.4) is 0 Å². The third-order valence-corrected chi connectivity index (χ3v) is 8.12. The molecule has 3 aliphatic rings. The molecule has 5 heteroatoms. The normalized spacial score (nSPS) is 23.1. The maximum absolute atomic E-state index is 14.4. The van der Waals surface area contributed by atoms with Crippen molar-refractivity contribution < 1.29 is 19.1 Å². The van der Waals surface area contributed by atoms with Crippen LogP contribution in [0.2, 0.25) is 0 Å². The molecule has 0 aromatic heterocycles. The minimum Gasteiger partial charge on any atom is -0.467 e.